The van der Waals surface area contributed by atoms with Crippen molar-refractivity contribution in [3.05, 3.63) is 52.5 Å². The van der Waals surface area contributed by atoms with E-state index in [4.69, 9.17) is 9.68 Å². The number of hydrogen-bond donors (Lipinski definition) is 0. The zero-order chi connectivity index (χ0) is 20.2. The lowest BCUT2D eigenvalue weighted by Gasteiger charge is -2.35. The average molecular weight is 389 g/mol. The second-order valence-corrected chi connectivity index (χ2v) is 7.08. The Bertz CT molecular complexity index is 1110. The molecule has 0 unspecified atom stereocenters. The molecule has 7 nitrogen and oxygen atoms in total. The lowest BCUT2D eigenvalue weighted by molar-refractivity contribution is 0.263. The van der Waals surface area contributed by atoms with E-state index in [1.165, 1.54) is 0 Å². The summed E-state index contributed by atoms with van der Waals surface area (Å²) in [6.45, 7) is 6.14. The van der Waals surface area contributed by atoms with Gasteiger partial charge in [-0.1, -0.05) is 19.1 Å². The van der Waals surface area contributed by atoms with Gasteiger partial charge in [0.15, 0.2) is 0 Å². The number of rotatable bonds is 5. The summed E-state index contributed by atoms with van der Waals surface area (Å²) in [4.78, 5) is 26.4. The quantitative estimate of drug-likeness (QED) is 0.663. The molecule has 0 spiro atoms. The number of benzene rings is 1. The van der Waals surface area contributed by atoms with Gasteiger partial charge in [0, 0.05) is 45.3 Å². The summed E-state index contributed by atoms with van der Waals surface area (Å²) in [6.07, 6.45) is 3.04. The normalized spacial score (nSPS) is 14.8. The van der Waals surface area contributed by atoms with E-state index in [0.29, 0.717) is 23.2 Å². The molecule has 0 N–H and O–H groups in total. The molecule has 1 aromatic carbocycles. The van der Waals surface area contributed by atoms with Crippen molar-refractivity contribution in [1.29, 1.82) is 5.26 Å². The van der Waals surface area contributed by atoms with Gasteiger partial charge in [-0.2, -0.15) is 5.26 Å². The largest absolute Gasteiger partial charge is 0.403 e. The number of nitrogens with zero attached hydrogens (tertiary/aromatic N) is 5. The Hall–Kier alpha value is -3.24. The number of anilines is 1. The minimum Gasteiger partial charge on any atom is -0.403 e. The minimum absolute atomic E-state index is 0.297. The monoisotopic (exact) mass is 389 g/mol. The zero-order valence-electron chi connectivity index (χ0n) is 16.5. The molecule has 1 saturated heterocycles. The predicted molar refractivity (Wildman–Crippen MR) is 112 cm³/mol. The van der Waals surface area contributed by atoms with Gasteiger partial charge >= 0.3 is 5.63 Å². The highest BCUT2D eigenvalue weighted by Crippen LogP contribution is 2.29. The van der Waals surface area contributed by atoms with Crippen LogP contribution in [-0.4, -0.2) is 47.6 Å². The van der Waals surface area contributed by atoms with Gasteiger partial charge in [-0.05, 0) is 30.2 Å². The van der Waals surface area contributed by atoms with Crippen molar-refractivity contribution in [2.45, 2.75) is 19.8 Å². The van der Waals surface area contributed by atoms with E-state index in [0.717, 1.165) is 56.1 Å². The molecular formula is C22H23N5O2. The van der Waals surface area contributed by atoms with Gasteiger partial charge in [0.05, 0.1) is 22.5 Å². The van der Waals surface area contributed by atoms with Gasteiger partial charge in [0.25, 0.3) is 0 Å². The molecule has 2 aromatic heterocycles. The molecule has 1 aliphatic heterocycles. The van der Waals surface area contributed by atoms with Crippen LogP contribution in [0, 0.1) is 11.3 Å². The van der Waals surface area contributed by atoms with E-state index in [9.17, 15) is 4.79 Å². The van der Waals surface area contributed by atoms with E-state index in [1.807, 2.05) is 37.3 Å². The van der Waals surface area contributed by atoms with Gasteiger partial charge in [-0.3, -0.25) is 4.90 Å². The van der Waals surface area contributed by atoms with Crippen LogP contribution in [0.15, 0.2) is 45.7 Å². The van der Waals surface area contributed by atoms with Gasteiger partial charge < -0.3 is 9.32 Å². The first-order valence-corrected chi connectivity index (χ1v) is 9.93. The number of hydrogen-bond acceptors (Lipinski definition) is 7. The molecule has 7 heteroatoms. The Morgan fingerprint density at radius 3 is 2.76 bits per heavy atom. The fourth-order valence-corrected chi connectivity index (χ4v) is 3.80. The molecule has 1 fully saturated rings. The first-order valence-electron chi connectivity index (χ1n) is 9.93. The standard InChI is InChI=1S/C22H23N5O2/c1-2-16-6-3-8-18-19(16)22(28)29-21(25-18)17-7-4-10-24-20(17)27-14-12-26(13-15-27)11-5-9-23/h3-4,6-8,10H,2,5,11-15H2,1H3. The van der Waals surface area contributed by atoms with Gasteiger partial charge in [-0.25, -0.2) is 14.8 Å². The van der Waals surface area contributed by atoms with Crippen molar-refractivity contribution in [2.75, 3.05) is 37.6 Å². The molecule has 0 aliphatic carbocycles. The smallest absolute Gasteiger partial charge is 0.347 e. The summed E-state index contributed by atoms with van der Waals surface area (Å²) in [5, 5.41) is 9.33. The second-order valence-electron chi connectivity index (χ2n) is 7.08. The highest BCUT2D eigenvalue weighted by molar-refractivity contribution is 5.83. The number of nitriles is 1. The summed E-state index contributed by atoms with van der Waals surface area (Å²) in [5.41, 5.74) is 1.94. The third-order valence-electron chi connectivity index (χ3n) is 5.35. The van der Waals surface area contributed by atoms with Crippen molar-refractivity contribution < 1.29 is 4.42 Å². The van der Waals surface area contributed by atoms with Crippen LogP contribution in [0.3, 0.4) is 0 Å². The van der Waals surface area contributed by atoms with E-state index < -0.39 is 0 Å². The van der Waals surface area contributed by atoms with E-state index >= 15 is 0 Å². The predicted octanol–water partition coefficient (Wildman–Crippen LogP) is 2.85. The van der Waals surface area contributed by atoms with Crippen molar-refractivity contribution in [1.82, 2.24) is 14.9 Å². The molecular weight excluding hydrogens is 366 g/mol. The molecule has 0 atom stereocenters. The second kappa shape index (κ2) is 8.41. The van der Waals surface area contributed by atoms with Crippen LogP contribution in [-0.2, 0) is 6.42 Å². The van der Waals surface area contributed by atoms with Crippen molar-refractivity contribution >= 4 is 16.7 Å². The molecule has 4 rings (SSSR count). The summed E-state index contributed by atoms with van der Waals surface area (Å²) < 4.78 is 5.65. The Labute approximate surface area is 169 Å². The summed E-state index contributed by atoms with van der Waals surface area (Å²) in [6, 6.07) is 11.6. The maximum atomic E-state index is 12.7. The van der Waals surface area contributed by atoms with Crippen LogP contribution in [0.4, 0.5) is 5.82 Å². The van der Waals surface area contributed by atoms with Gasteiger partial charge in [0.1, 0.15) is 5.82 Å². The first kappa shape index (κ1) is 19.1. The molecule has 3 aromatic rings. The van der Waals surface area contributed by atoms with E-state index in [2.05, 4.69) is 25.8 Å². The highest BCUT2D eigenvalue weighted by Gasteiger charge is 2.22. The Kier molecular flexibility index (Phi) is 5.54. The maximum Gasteiger partial charge on any atom is 0.347 e. The van der Waals surface area contributed by atoms with Crippen molar-refractivity contribution in [3.63, 3.8) is 0 Å². The highest BCUT2D eigenvalue weighted by atomic mass is 16.4. The summed E-state index contributed by atoms with van der Waals surface area (Å²) in [5.74, 6) is 1.07. The topological polar surface area (TPSA) is 86.3 Å². The maximum absolute atomic E-state index is 12.7. The molecule has 0 bridgehead atoms. The molecule has 148 valence electrons. The van der Waals surface area contributed by atoms with Crippen molar-refractivity contribution in [2.24, 2.45) is 0 Å². The number of piperazine rings is 1. The zero-order valence-corrected chi connectivity index (χ0v) is 16.5. The molecule has 29 heavy (non-hydrogen) atoms. The number of fused-ring (bicyclic) bond motifs is 1. The van der Waals surface area contributed by atoms with Crippen LogP contribution in [0.5, 0.6) is 0 Å². The Morgan fingerprint density at radius 2 is 2.00 bits per heavy atom. The number of aryl methyl sites for hydroxylation is 1. The van der Waals surface area contributed by atoms with Crippen molar-refractivity contribution in [3.8, 4) is 17.5 Å². The molecule has 0 amide bonds. The lowest BCUT2D eigenvalue weighted by atomic mass is 10.1. The van der Waals surface area contributed by atoms with Crippen LogP contribution >= 0.6 is 0 Å². The third-order valence-corrected chi connectivity index (χ3v) is 5.35. The summed E-state index contributed by atoms with van der Waals surface area (Å²) in [7, 11) is 0. The van der Waals surface area contributed by atoms with E-state index in [1.54, 1.807) is 6.20 Å². The lowest BCUT2D eigenvalue weighted by Crippen LogP contribution is -2.47. The van der Waals surface area contributed by atoms with Crippen LogP contribution in [0.2, 0.25) is 0 Å². The molecule has 1 aliphatic rings. The van der Waals surface area contributed by atoms with Crippen LogP contribution < -0.4 is 10.5 Å². The molecule has 0 saturated carbocycles. The fourth-order valence-electron chi connectivity index (χ4n) is 3.80. The SMILES string of the molecule is CCc1cccc2nc(-c3cccnc3N3CCN(CCC#N)CC3)oc(=O)c12. The Balaban J connectivity index is 1.68. The van der Waals surface area contributed by atoms with E-state index in [-0.39, 0.29) is 5.63 Å². The fraction of sp³-hybridized carbons (Fsp3) is 0.364. The first-order chi connectivity index (χ1) is 14.2. The average Bonchev–Trinajstić information content (AvgIpc) is 2.77. The van der Waals surface area contributed by atoms with Crippen LogP contribution in [0.1, 0.15) is 18.9 Å². The number of aromatic nitrogens is 2. The van der Waals surface area contributed by atoms with Gasteiger partial charge in [-0.15, -0.1) is 0 Å². The summed E-state index contributed by atoms with van der Waals surface area (Å²) >= 11 is 0. The molecule has 3 heterocycles. The van der Waals surface area contributed by atoms with Gasteiger partial charge in [0.2, 0.25) is 5.89 Å². The Morgan fingerprint density at radius 1 is 1.17 bits per heavy atom. The van der Waals surface area contributed by atoms with Crippen LogP contribution in [0.25, 0.3) is 22.4 Å². The third kappa shape index (κ3) is 3.84. The number of pyridine rings is 1. The minimum atomic E-state index is -0.362. The molecule has 0 radical (unpaired) electrons.